The number of carboxylic acid groups (broad SMARTS) is 1. The molecule has 2 aliphatic heterocycles. The van der Waals surface area contributed by atoms with Gasteiger partial charge in [-0.15, -0.1) is 0 Å². The number of ether oxygens (including phenoxy) is 1. The second-order valence-electron chi connectivity index (χ2n) is 7.29. The minimum Gasteiger partial charge on any atom is -0.481 e. The molecule has 2 atom stereocenters. The van der Waals surface area contributed by atoms with Crippen LogP contribution in [0.2, 0.25) is 0 Å². The second-order valence-corrected chi connectivity index (χ2v) is 7.29. The maximum Gasteiger partial charge on any atom is 0.308 e. The van der Waals surface area contributed by atoms with Crippen molar-refractivity contribution in [3.05, 3.63) is 35.6 Å². The summed E-state index contributed by atoms with van der Waals surface area (Å²) in [5.74, 6) is -1.75. The first-order valence-electron chi connectivity index (χ1n) is 8.78. The van der Waals surface area contributed by atoms with Gasteiger partial charge in [-0.1, -0.05) is 19.1 Å². The van der Waals surface area contributed by atoms with Crippen LogP contribution in [0.15, 0.2) is 24.3 Å². The number of aliphatic carboxylic acids is 1. The number of carbonyl (C=O) groups is 2. The second kappa shape index (κ2) is 7.12. The Hall–Kier alpha value is -1.95. The summed E-state index contributed by atoms with van der Waals surface area (Å²) in [4.78, 5) is 26.6. The predicted molar refractivity (Wildman–Crippen MR) is 89.6 cm³/mol. The quantitative estimate of drug-likeness (QED) is 0.910. The first-order chi connectivity index (χ1) is 11.9. The summed E-state index contributed by atoms with van der Waals surface area (Å²) in [5, 5.41) is 9.38. The van der Waals surface area contributed by atoms with Crippen molar-refractivity contribution in [2.45, 2.75) is 31.6 Å². The van der Waals surface area contributed by atoms with E-state index in [4.69, 9.17) is 4.74 Å². The Morgan fingerprint density at radius 3 is 2.64 bits per heavy atom. The number of amides is 1. The van der Waals surface area contributed by atoms with E-state index in [0.717, 1.165) is 0 Å². The smallest absolute Gasteiger partial charge is 0.308 e. The van der Waals surface area contributed by atoms with E-state index in [0.29, 0.717) is 44.6 Å². The number of piperidine rings is 1. The predicted octanol–water partition coefficient (Wildman–Crippen LogP) is 2.44. The molecular weight excluding hydrogens is 325 g/mol. The van der Waals surface area contributed by atoms with Crippen molar-refractivity contribution in [2.75, 3.05) is 26.3 Å². The van der Waals surface area contributed by atoms with Gasteiger partial charge in [0, 0.05) is 26.3 Å². The molecule has 3 rings (SSSR count). The van der Waals surface area contributed by atoms with Crippen LogP contribution in [-0.2, 0) is 19.7 Å². The van der Waals surface area contributed by atoms with Crippen LogP contribution in [0.1, 0.15) is 31.7 Å². The fourth-order valence-electron chi connectivity index (χ4n) is 4.13. The fraction of sp³-hybridized carbons (Fsp3) is 0.579. The highest BCUT2D eigenvalue weighted by atomic mass is 19.1. The molecule has 0 radical (unpaired) electrons. The SMILES string of the molecule is CC1CC(C(=O)O)CN(C(=O)C2(c3cccc(F)c3)CCOCC2)C1. The maximum atomic E-state index is 13.8. The van der Waals surface area contributed by atoms with Crippen molar-refractivity contribution in [1.29, 1.82) is 0 Å². The zero-order valence-corrected chi connectivity index (χ0v) is 14.4. The largest absolute Gasteiger partial charge is 0.481 e. The summed E-state index contributed by atoms with van der Waals surface area (Å²) in [6.45, 7) is 3.60. The number of carbonyl (C=O) groups excluding carboxylic acids is 1. The van der Waals surface area contributed by atoms with Gasteiger partial charge in [0.1, 0.15) is 5.82 Å². The van der Waals surface area contributed by atoms with Crippen LogP contribution in [0.25, 0.3) is 0 Å². The van der Waals surface area contributed by atoms with Gasteiger partial charge in [0.25, 0.3) is 0 Å². The molecule has 1 aromatic rings. The molecule has 136 valence electrons. The average molecular weight is 349 g/mol. The van der Waals surface area contributed by atoms with Gasteiger partial charge in [-0.25, -0.2) is 4.39 Å². The fourth-order valence-corrected chi connectivity index (χ4v) is 4.13. The lowest BCUT2D eigenvalue weighted by molar-refractivity contribution is -0.150. The Morgan fingerprint density at radius 1 is 1.28 bits per heavy atom. The normalized spacial score (nSPS) is 26.2. The Morgan fingerprint density at radius 2 is 2.00 bits per heavy atom. The molecule has 2 unspecified atom stereocenters. The molecule has 2 fully saturated rings. The number of hydrogen-bond acceptors (Lipinski definition) is 3. The molecule has 5 nitrogen and oxygen atoms in total. The van der Waals surface area contributed by atoms with Crippen LogP contribution >= 0.6 is 0 Å². The zero-order chi connectivity index (χ0) is 18.0. The highest BCUT2D eigenvalue weighted by molar-refractivity contribution is 5.89. The van der Waals surface area contributed by atoms with E-state index < -0.39 is 17.3 Å². The van der Waals surface area contributed by atoms with E-state index in [1.807, 2.05) is 6.92 Å². The van der Waals surface area contributed by atoms with Crippen LogP contribution in [0, 0.1) is 17.7 Å². The first-order valence-corrected chi connectivity index (χ1v) is 8.78. The number of hydrogen-bond donors (Lipinski definition) is 1. The minimum absolute atomic E-state index is 0.0980. The van der Waals surface area contributed by atoms with Crippen molar-refractivity contribution >= 4 is 11.9 Å². The Bertz CT molecular complexity index is 657. The number of likely N-dealkylation sites (tertiary alicyclic amines) is 1. The van der Waals surface area contributed by atoms with Crippen molar-refractivity contribution in [2.24, 2.45) is 11.8 Å². The maximum absolute atomic E-state index is 13.8. The third-order valence-corrected chi connectivity index (χ3v) is 5.43. The van der Waals surface area contributed by atoms with Crippen LogP contribution in [0.5, 0.6) is 0 Å². The van der Waals surface area contributed by atoms with Gasteiger partial charge in [-0.3, -0.25) is 9.59 Å². The number of benzene rings is 1. The first kappa shape index (κ1) is 17.9. The molecule has 1 N–H and O–H groups in total. The van der Waals surface area contributed by atoms with E-state index in [9.17, 15) is 19.1 Å². The van der Waals surface area contributed by atoms with Crippen LogP contribution in [0.3, 0.4) is 0 Å². The van der Waals surface area contributed by atoms with Gasteiger partial charge in [-0.2, -0.15) is 0 Å². The molecule has 2 saturated heterocycles. The number of rotatable bonds is 3. The van der Waals surface area contributed by atoms with E-state index >= 15 is 0 Å². The molecule has 2 aliphatic rings. The lowest BCUT2D eigenvalue weighted by Crippen LogP contribution is -2.54. The molecule has 1 amide bonds. The molecular formula is C19H24FNO4. The van der Waals surface area contributed by atoms with Crippen molar-refractivity contribution in [3.63, 3.8) is 0 Å². The average Bonchev–Trinajstić information content (AvgIpc) is 2.61. The van der Waals surface area contributed by atoms with Gasteiger partial charge in [0.15, 0.2) is 0 Å². The number of carboxylic acids is 1. The van der Waals surface area contributed by atoms with Crippen LogP contribution in [-0.4, -0.2) is 48.2 Å². The summed E-state index contributed by atoms with van der Waals surface area (Å²) >= 11 is 0. The molecule has 0 aliphatic carbocycles. The van der Waals surface area contributed by atoms with Crippen molar-refractivity contribution in [1.82, 2.24) is 4.90 Å². The molecule has 0 aromatic heterocycles. The van der Waals surface area contributed by atoms with Crippen molar-refractivity contribution < 1.29 is 23.8 Å². The molecule has 2 heterocycles. The van der Waals surface area contributed by atoms with Crippen molar-refractivity contribution in [3.8, 4) is 0 Å². The number of halogens is 1. The summed E-state index contributed by atoms with van der Waals surface area (Å²) in [6.07, 6.45) is 1.55. The monoisotopic (exact) mass is 349 g/mol. The molecule has 0 bridgehead atoms. The lowest BCUT2D eigenvalue weighted by Gasteiger charge is -2.43. The van der Waals surface area contributed by atoms with E-state index in [-0.39, 0.29) is 24.2 Å². The van der Waals surface area contributed by atoms with Crippen LogP contribution < -0.4 is 0 Å². The molecule has 0 saturated carbocycles. The highest BCUT2D eigenvalue weighted by Gasteiger charge is 2.46. The van der Waals surface area contributed by atoms with E-state index in [1.165, 1.54) is 12.1 Å². The third kappa shape index (κ3) is 3.54. The lowest BCUT2D eigenvalue weighted by atomic mass is 9.72. The van der Waals surface area contributed by atoms with E-state index in [2.05, 4.69) is 0 Å². The van der Waals surface area contributed by atoms with Gasteiger partial charge in [0.2, 0.25) is 5.91 Å². The molecule has 1 aromatic carbocycles. The topological polar surface area (TPSA) is 66.8 Å². The summed E-state index contributed by atoms with van der Waals surface area (Å²) in [6, 6.07) is 6.19. The zero-order valence-electron chi connectivity index (χ0n) is 14.4. The summed E-state index contributed by atoms with van der Waals surface area (Å²) in [5.41, 5.74) is -0.175. The van der Waals surface area contributed by atoms with Gasteiger partial charge >= 0.3 is 5.97 Å². The Labute approximate surface area is 146 Å². The van der Waals surface area contributed by atoms with E-state index in [1.54, 1.807) is 17.0 Å². The minimum atomic E-state index is -0.865. The van der Waals surface area contributed by atoms with Gasteiger partial charge in [0.05, 0.1) is 11.3 Å². The highest BCUT2D eigenvalue weighted by Crippen LogP contribution is 2.38. The summed E-state index contributed by atoms with van der Waals surface area (Å²) < 4.78 is 19.2. The number of nitrogens with zero attached hydrogens (tertiary/aromatic N) is 1. The molecule has 0 spiro atoms. The standard InChI is InChI=1S/C19H24FNO4/c1-13-9-14(17(22)23)12-21(11-13)18(24)19(5-7-25-8-6-19)15-3-2-4-16(20)10-15/h2-4,10,13-14H,5-9,11-12H2,1H3,(H,22,23). The molecule has 6 heteroatoms. The van der Waals surface area contributed by atoms with Gasteiger partial charge < -0.3 is 14.7 Å². The van der Waals surface area contributed by atoms with Gasteiger partial charge in [-0.05, 0) is 42.9 Å². The Balaban J connectivity index is 1.93. The third-order valence-electron chi connectivity index (χ3n) is 5.43. The van der Waals surface area contributed by atoms with Crippen LogP contribution in [0.4, 0.5) is 4.39 Å². The summed E-state index contributed by atoms with van der Waals surface area (Å²) in [7, 11) is 0. The Kier molecular flexibility index (Phi) is 5.08. The molecule has 25 heavy (non-hydrogen) atoms.